The number of hydrogen-bond acceptors (Lipinski definition) is 5. The standard InChI is InChI=1S/C26H34N2O5/c1-7-27-23-17-21(28(30)31)11-12-22(23)24(32-15-13-19(4)5)25(26(27)29)33-16-14-20(6)10-8-9-18(2)3/h9,11-14,17H,7-8,10,15-16H2,1-6H3. The number of nitro benzene ring substituents is 1. The number of aryl methyl sites for hydroxylation is 1. The van der Waals surface area contributed by atoms with Crippen LogP contribution >= 0.6 is 0 Å². The molecule has 0 aliphatic rings. The molecule has 0 atom stereocenters. The average Bonchev–Trinajstić information content (AvgIpc) is 2.74. The summed E-state index contributed by atoms with van der Waals surface area (Å²) in [4.78, 5) is 24.1. The zero-order valence-electron chi connectivity index (χ0n) is 20.4. The molecule has 0 spiro atoms. The van der Waals surface area contributed by atoms with Crippen LogP contribution in [0.4, 0.5) is 5.69 Å². The van der Waals surface area contributed by atoms with Crippen molar-refractivity contribution in [2.45, 2.75) is 60.9 Å². The Labute approximate surface area is 195 Å². The summed E-state index contributed by atoms with van der Waals surface area (Å²) >= 11 is 0. The van der Waals surface area contributed by atoms with Crippen molar-refractivity contribution in [3.05, 3.63) is 73.6 Å². The van der Waals surface area contributed by atoms with E-state index >= 15 is 0 Å². The largest absolute Gasteiger partial charge is 0.485 e. The SMILES string of the molecule is CCn1c(=O)c(OCC=C(C)CCC=C(C)C)c(OCC=C(C)C)c2ccc([N+](=O)[O-])cc21. The maximum absolute atomic E-state index is 13.3. The number of fused-ring (bicyclic) bond motifs is 1. The average molecular weight is 455 g/mol. The first-order valence-electron chi connectivity index (χ1n) is 11.2. The number of aromatic nitrogens is 1. The normalized spacial score (nSPS) is 11.3. The zero-order chi connectivity index (χ0) is 24.5. The Bertz CT molecular complexity index is 1150. The molecule has 178 valence electrons. The van der Waals surface area contributed by atoms with Gasteiger partial charge in [0.15, 0.2) is 5.75 Å². The van der Waals surface area contributed by atoms with Crippen LogP contribution < -0.4 is 15.0 Å². The van der Waals surface area contributed by atoms with Gasteiger partial charge in [0, 0.05) is 24.1 Å². The van der Waals surface area contributed by atoms with Gasteiger partial charge in [-0.2, -0.15) is 0 Å². The van der Waals surface area contributed by atoms with Crippen LogP contribution in [0.25, 0.3) is 10.9 Å². The molecule has 1 aromatic heterocycles. The van der Waals surface area contributed by atoms with E-state index in [9.17, 15) is 14.9 Å². The van der Waals surface area contributed by atoms with Gasteiger partial charge in [0.25, 0.3) is 11.2 Å². The van der Waals surface area contributed by atoms with Crippen molar-refractivity contribution in [1.82, 2.24) is 4.57 Å². The highest BCUT2D eigenvalue weighted by Gasteiger charge is 2.21. The number of pyridine rings is 1. The van der Waals surface area contributed by atoms with E-state index in [1.165, 1.54) is 27.8 Å². The van der Waals surface area contributed by atoms with Crippen molar-refractivity contribution in [3.63, 3.8) is 0 Å². The van der Waals surface area contributed by atoms with E-state index in [-0.39, 0.29) is 30.2 Å². The Morgan fingerprint density at radius 1 is 1.00 bits per heavy atom. The second-order valence-corrected chi connectivity index (χ2v) is 8.44. The third-order valence-corrected chi connectivity index (χ3v) is 5.16. The van der Waals surface area contributed by atoms with Crippen LogP contribution in [-0.4, -0.2) is 22.7 Å². The molecule has 0 unspecified atom stereocenters. The third-order valence-electron chi connectivity index (χ3n) is 5.16. The highest BCUT2D eigenvalue weighted by atomic mass is 16.6. The van der Waals surface area contributed by atoms with Crippen LogP contribution in [0.3, 0.4) is 0 Å². The van der Waals surface area contributed by atoms with E-state index in [1.54, 1.807) is 6.07 Å². The molecule has 0 amide bonds. The highest BCUT2D eigenvalue weighted by molar-refractivity contribution is 5.89. The Hall–Kier alpha value is -3.35. The molecule has 1 aromatic carbocycles. The monoisotopic (exact) mass is 454 g/mol. The summed E-state index contributed by atoms with van der Waals surface area (Å²) < 4.78 is 13.4. The fourth-order valence-electron chi connectivity index (χ4n) is 3.33. The summed E-state index contributed by atoms with van der Waals surface area (Å²) in [7, 11) is 0. The minimum absolute atomic E-state index is 0.0806. The highest BCUT2D eigenvalue weighted by Crippen LogP contribution is 2.35. The van der Waals surface area contributed by atoms with Gasteiger partial charge < -0.3 is 14.0 Å². The topological polar surface area (TPSA) is 83.6 Å². The van der Waals surface area contributed by atoms with E-state index in [0.717, 1.165) is 18.4 Å². The lowest BCUT2D eigenvalue weighted by Crippen LogP contribution is -2.23. The van der Waals surface area contributed by atoms with Gasteiger partial charge in [0.05, 0.1) is 10.4 Å². The summed E-state index contributed by atoms with van der Waals surface area (Å²) in [5, 5.41) is 11.9. The first kappa shape index (κ1) is 25.9. The molecule has 0 saturated carbocycles. The molecule has 0 bridgehead atoms. The van der Waals surface area contributed by atoms with E-state index in [0.29, 0.717) is 23.2 Å². The Balaban J connectivity index is 2.49. The first-order chi connectivity index (χ1) is 15.6. The van der Waals surface area contributed by atoms with Gasteiger partial charge >= 0.3 is 0 Å². The molecule has 7 heteroatoms. The van der Waals surface area contributed by atoms with Gasteiger partial charge in [-0.1, -0.05) is 22.8 Å². The number of ether oxygens (including phenoxy) is 2. The smallest absolute Gasteiger partial charge is 0.297 e. The second kappa shape index (κ2) is 12.0. The Kier molecular flexibility index (Phi) is 9.45. The van der Waals surface area contributed by atoms with Crippen molar-refractivity contribution in [2.75, 3.05) is 13.2 Å². The minimum atomic E-state index is -0.471. The fourth-order valence-corrected chi connectivity index (χ4v) is 3.33. The van der Waals surface area contributed by atoms with Crippen LogP contribution in [0.1, 0.15) is 54.4 Å². The molecule has 0 aliphatic carbocycles. The summed E-state index contributed by atoms with van der Waals surface area (Å²) in [6.07, 6.45) is 7.93. The van der Waals surface area contributed by atoms with Crippen LogP contribution in [0.2, 0.25) is 0 Å². The zero-order valence-corrected chi connectivity index (χ0v) is 20.4. The van der Waals surface area contributed by atoms with E-state index < -0.39 is 4.92 Å². The molecule has 0 saturated heterocycles. The van der Waals surface area contributed by atoms with E-state index in [4.69, 9.17) is 9.47 Å². The van der Waals surface area contributed by atoms with Gasteiger partial charge in [-0.3, -0.25) is 14.9 Å². The maximum atomic E-state index is 13.3. The van der Waals surface area contributed by atoms with Gasteiger partial charge in [0.1, 0.15) is 13.2 Å². The van der Waals surface area contributed by atoms with E-state index in [2.05, 4.69) is 19.9 Å². The molecular formula is C26H34N2O5. The van der Waals surface area contributed by atoms with Gasteiger partial charge in [-0.05, 0) is 72.6 Å². The summed E-state index contributed by atoms with van der Waals surface area (Å²) in [6, 6.07) is 4.44. The van der Waals surface area contributed by atoms with Crippen molar-refractivity contribution in [2.24, 2.45) is 0 Å². The molecule has 1 heterocycles. The molecule has 2 aromatic rings. The number of rotatable bonds is 11. The van der Waals surface area contributed by atoms with Crippen LogP contribution in [0, 0.1) is 10.1 Å². The Morgan fingerprint density at radius 3 is 2.24 bits per heavy atom. The summed E-state index contributed by atoms with van der Waals surface area (Å²) in [6.45, 7) is 12.8. The minimum Gasteiger partial charge on any atom is -0.485 e. The van der Waals surface area contributed by atoms with Crippen molar-refractivity contribution in [1.29, 1.82) is 0 Å². The van der Waals surface area contributed by atoms with Crippen molar-refractivity contribution >= 4 is 16.6 Å². The number of nitrogens with zero attached hydrogens (tertiary/aromatic N) is 2. The molecule has 33 heavy (non-hydrogen) atoms. The first-order valence-corrected chi connectivity index (χ1v) is 11.2. The molecule has 0 fully saturated rings. The lowest BCUT2D eigenvalue weighted by molar-refractivity contribution is -0.384. The van der Waals surface area contributed by atoms with Crippen molar-refractivity contribution in [3.8, 4) is 11.5 Å². The molecule has 2 rings (SSSR count). The predicted molar refractivity (Wildman–Crippen MR) is 133 cm³/mol. The lowest BCUT2D eigenvalue weighted by atomic mass is 10.1. The molecule has 0 radical (unpaired) electrons. The van der Waals surface area contributed by atoms with Gasteiger partial charge in [-0.25, -0.2) is 0 Å². The molecular weight excluding hydrogens is 420 g/mol. The summed E-state index contributed by atoms with van der Waals surface area (Å²) in [5.74, 6) is 0.427. The number of nitro groups is 1. The number of allylic oxidation sites excluding steroid dienone is 4. The number of non-ortho nitro benzene ring substituents is 1. The number of benzene rings is 1. The van der Waals surface area contributed by atoms with Crippen molar-refractivity contribution < 1.29 is 14.4 Å². The fraction of sp³-hybridized carbons (Fsp3) is 0.423. The molecule has 7 nitrogen and oxygen atoms in total. The van der Waals surface area contributed by atoms with Gasteiger partial charge in [0.2, 0.25) is 5.75 Å². The lowest BCUT2D eigenvalue weighted by Gasteiger charge is -2.17. The molecule has 0 aliphatic heterocycles. The Morgan fingerprint density at radius 2 is 1.64 bits per heavy atom. The predicted octanol–water partition coefficient (Wildman–Crippen LogP) is 6.35. The summed E-state index contributed by atoms with van der Waals surface area (Å²) in [5.41, 5.74) is 3.54. The quantitative estimate of drug-likeness (QED) is 0.224. The third kappa shape index (κ3) is 7.07. The van der Waals surface area contributed by atoms with Crippen LogP contribution in [-0.2, 0) is 6.54 Å². The number of hydrogen-bond donors (Lipinski definition) is 0. The van der Waals surface area contributed by atoms with Crippen LogP contribution in [0.5, 0.6) is 11.5 Å². The van der Waals surface area contributed by atoms with Crippen LogP contribution in [0.15, 0.2) is 57.9 Å². The second-order valence-electron chi connectivity index (χ2n) is 8.44. The maximum Gasteiger partial charge on any atom is 0.297 e. The van der Waals surface area contributed by atoms with E-state index in [1.807, 2.05) is 39.8 Å². The van der Waals surface area contributed by atoms with Gasteiger partial charge in [-0.15, -0.1) is 0 Å². The molecule has 0 N–H and O–H groups in total.